The van der Waals surface area contributed by atoms with E-state index in [0.29, 0.717) is 24.1 Å². The van der Waals surface area contributed by atoms with Crippen molar-refractivity contribution in [2.24, 2.45) is 0 Å². The first kappa shape index (κ1) is 23.6. The first-order chi connectivity index (χ1) is 15.6. The number of unbranched alkanes of at least 4 members (excludes halogenated alkanes) is 1. The molecule has 0 aliphatic heterocycles. The molecule has 0 saturated heterocycles. The maximum Gasteiger partial charge on any atom is 0.234 e. The number of rotatable bonds is 12. The van der Waals surface area contributed by atoms with Gasteiger partial charge < -0.3 is 10.1 Å². The Morgan fingerprint density at radius 2 is 1.91 bits per heavy atom. The molecule has 0 atom stereocenters. The lowest BCUT2D eigenvalue weighted by molar-refractivity contribution is -0.113. The molecule has 0 unspecified atom stereocenters. The molecule has 2 aromatic carbocycles. The Bertz CT molecular complexity index is 1010. The molecule has 168 valence electrons. The van der Waals surface area contributed by atoms with Crippen LogP contribution in [-0.2, 0) is 24.4 Å². The SMILES string of the molecule is C=CCn1c(COc2ccc(C)cc2)nnc1SCC(=O)Nc1ccc(CCCC)cc1. The minimum absolute atomic E-state index is 0.0816. The highest BCUT2D eigenvalue weighted by Crippen LogP contribution is 2.20. The highest BCUT2D eigenvalue weighted by Gasteiger charge is 2.14. The van der Waals surface area contributed by atoms with E-state index in [1.54, 1.807) is 6.08 Å². The van der Waals surface area contributed by atoms with Crippen molar-refractivity contribution in [1.82, 2.24) is 14.8 Å². The fraction of sp³-hybridized carbons (Fsp3) is 0.320. The van der Waals surface area contributed by atoms with Crippen molar-refractivity contribution in [2.75, 3.05) is 11.1 Å². The number of aromatic nitrogens is 3. The van der Waals surface area contributed by atoms with Gasteiger partial charge >= 0.3 is 0 Å². The van der Waals surface area contributed by atoms with Gasteiger partial charge in [0.1, 0.15) is 12.4 Å². The summed E-state index contributed by atoms with van der Waals surface area (Å²) in [6.45, 7) is 8.87. The number of amides is 1. The number of hydrogen-bond acceptors (Lipinski definition) is 5. The van der Waals surface area contributed by atoms with Crippen LogP contribution in [0.2, 0.25) is 0 Å². The summed E-state index contributed by atoms with van der Waals surface area (Å²) in [5.41, 5.74) is 3.27. The molecule has 0 bridgehead atoms. The van der Waals surface area contributed by atoms with Gasteiger partial charge in [0.05, 0.1) is 5.75 Å². The number of carbonyl (C=O) groups is 1. The predicted octanol–water partition coefficient (Wildman–Crippen LogP) is 5.42. The van der Waals surface area contributed by atoms with E-state index in [1.807, 2.05) is 47.9 Å². The summed E-state index contributed by atoms with van der Waals surface area (Å²) in [4.78, 5) is 12.4. The van der Waals surface area contributed by atoms with Crippen LogP contribution in [0.4, 0.5) is 5.69 Å². The Balaban J connectivity index is 1.55. The summed E-state index contributed by atoms with van der Waals surface area (Å²) in [6, 6.07) is 15.9. The summed E-state index contributed by atoms with van der Waals surface area (Å²) in [7, 11) is 0. The van der Waals surface area contributed by atoms with Crippen molar-refractivity contribution < 1.29 is 9.53 Å². The zero-order valence-electron chi connectivity index (χ0n) is 18.7. The van der Waals surface area contributed by atoms with Crippen molar-refractivity contribution in [3.8, 4) is 5.75 Å². The Morgan fingerprint density at radius 1 is 1.16 bits per heavy atom. The number of thioether (sulfide) groups is 1. The third kappa shape index (κ3) is 6.99. The van der Waals surface area contributed by atoms with E-state index >= 15 is 0 Å². The quantitative estimate of drug-likeness (QED) is 0.295. The lowest BCUT2D eigenvalue weighted by Crippen LogP contribution is -2.15. The Hall–Kier alpha value is -3.06. The fourth-order valence-electron chi connectivity index (χ4n) is 3.09. The normalized spacial score (nSPS) is 10.7. The number of anilines is 1. The van der Waals surface area contributed by atoms with E-state index in [9.17, 15) is 4.79 Å². The molecule has 6 nitrogen and oxygen atoms in total. The Labute approximate surface area is 194 Å². The number of aryl methyl sites for hydroxylation is 2. The first-order valence-electron chi connectivity index (χ1n) is 10.8. The molecule has 1 amide bonds. The van der Waals surface area contributed by atoms with Crippen LogP contribution in [0, 0.1) is 6.92 Å². The summed E-state index contributed by atoms with van der Waals surface area (Å²) < 4.78 is 7.76. The number of allylic oxidation sites excluding steroid dienone is 1. The maximum absolute atomic E-state index is 12.4. The number of nitrogens with one attached hydrogen (secondary N) is 1. The molecular formula is C25H30N4O2S. The molecule has 1 N–H and O–H groups in total. The van der Waals surface area contributed by atoms with Crippen LogP contribution < -0.4 is 10.1 Å². The Kier molecular flexibility index (Phi) is 8.92. The van der Waals surface area contributed by atoms with E-state index in [2.05, 4.69) is 41.1 Å². The van der Waals surface area contributed by atoms with E-state index in [0.717, 1.165) is 17.9 Å². The monoisotopic (exact) mass is 450 g/mol. The zero-order valence-corrected chi connectivity index (χ0v) is 19.5. The third-order valence-corrected chi connectivity index (χ3v) is 5.85. The van der Waals surface area contributed by atoms with Gasteiger partial charge in [0.15, 0.2) is 11.0 Å². The molecule has 0 aliphatic rings. The van der Waals surface area contributed by atoms with Crippen molar-refractivity contribution in [2.45, 2.75) is 51.4 Å². The van der Waals surface area contributed by atoms with Crippen LogP contribution >= 0.6 is 11.8 Å². The molecule has 1 aromatic heterocycles. The van der Waals surface area contributed by atoms with Crippen molar-refractivity contribution >= 4 is 23.4 Å². The molecule has 0 aliphatic carbocycles. The highest BCUT2D eigenvalue weighted by molar-refractivity contribution is 7.99. The second kappa shape index (κ2) is 12.1. The molecule has 3 aromatic rings. The molecule has 1 heterocycles. The Morgan fingerprint density at radius 3 is 2.59 bits per heavy atom. The van der Waals surface area contributed by atoms with E-state index in [-0.39, 0.29) is 11.7 Å². The van der Waals surface area contributed by atoms with E-state index in [4.69, 9.17) is 4.74 Å². The number of ether oxygens (including phenoxy) is 1. The molecule has 0 saturated carbocycles. The summed E-state index contributed by atoms with van der Waals surface area (Å²) >= 11 is 1.35. The van der Waals surface area contributed by atoms with Gasteiger partial charge in [-0.1, -0.05) is 61.0 Å². The minimum Gasteiger partial charge on any atom is -0.486 e. The fourth-order valence-corrected chi connectivity index (χ4v) is 3.86. The molecule has 32 heavy (non-hydrogen) atoms. The van der Waals surface area contributed by atoms with Crippen LogP contribution in [0.1, 0.15) is 36.7 Å². The van der Waals surface area contributed by atoms with Crippen LogP contribution in [0.3, 0.4) is 0 Å². The highest BCUT2D eigenvalue weighted by atomic mass is 32.2. The summed E-state index contributed by atoms with van der Waals surface area (Å²) in [5, 5.41) is 12.1. The van der Waals surface area contributed by atoms with Gasteiger partial charge in [-0.25, -0.2) is 0 Å². The predicted molar refractivity (Wildman–Crippen MR) is 130 cm³/mol. The van der Waals surface area contributed by atoms with Crippen molar-refractivity contribution in [3.63, 3.8) is 0 Å². The molecule has 0 spiro atoms. The molecule has 7 heteroatoms. The summed E-state index contributed by atoms with van der Waals surface area (Å²) in [6.07, 6.45) is 5.19. The van der Waals surface area contributed by atoms with Gasteiger partial charge in [-0.3, -0.25) is 9.36 Å². The largest absolute Gasteiger partial charge is 0.486 e. The van der Waals surface area contributed by atoms with Gasteiger partial charge in [-0.2, -0.15) is 0 Å². The number of nitrogens with zero attached hydrogens (tertiary/aromatic N) is 3. The zero-order chi connectivity index (χ0) is 22.8. The number of carbonyl (C=O) groups excluding carboxylic acids is 1. The van der Waals surface area contributed by atoms with Crippen LogP contribution in [-0.4, -0.2) is 26.4 Å². The van der Waals surface area contributed by atoms with Crippen LogP contribution in [0.5, 0.6) is 5.75 Å². The third-order valence-electron chi connectivity index (χ3n) is 4.88. The first-order valence-corrected chi connectivity index (χ1v) is 11.8. The molecule has 3 rings (SSSR count). The smallest absolute Gasteiger partial charge is 0.234 e. The second-order valence-corrected chi connectivity index (χ2v) is 8.48. The average molecular weight is 451 g/mol. The lowest BCUT2D eigenvalue weighted by Gasteiger charge is -2.10. The van der Waals surface area contributed by atoms with Crippen molar-refractivity contribution in [3.05, 3.63) is 78.1 Å². The number of hydrogen-bond donors (Lipinski definition) is 1. The molecule has 0 radical (unpaired) electrons. The van der Waals surface area contributed by atoms with Gasteiger partial charge in [-0.15, -0.1) is 16.8 Å². The van der Waals surface area contributed by atoms with Gasteiger partial charge in [0, 0.05) is 12.2 Å². The van der Waals surface area contributed by atoms with Crippen LogP contribution in [0.15, 0.2) is 66.3 Å². The topological polar surface area (TPSA) is 69.0 Å². The molecule has 0 fully saturated rings. The molecular weight excluding hydrogens is 420 g/mol. The van der Waals surface area contributed by atoms with E-state index < -0.39 is 0 Å². The maximum atomic E-state index is 12.4. The second-order valence-electron chi connectivity index (χ2n) is 7.54. The summed E-state index contributed by atoms with van der Waals surface area (Å²) in [5.74, 6) is 1.63. The van der Waals surface area contributed by atoms with Crippen molar-refractivity contribution in [1.29, 1.82) is 0 Å². The average Bonchev–Trinajstić information content (AvgIpc) is 3.18. The minimum atomic E-state index is -0.0816. The van der Waals surface area contributed by atoms with Gasteiger partial charge in [0.2, 0.25) is 5.91 Å². The number of benzene rings is 2. The van der Waals surface area contributed by atoms with Crippen LogP contribution in [0.25, 0.3) is 0 Å². The standard InChI is InChI=1S/C25H30N4O2S/c1-4-6-7-20-10-12-21(13-11-20)26-24(30)18-32-25-28-27-23(29(25)16-5-2)17-31-22-14-8-19(3)9-15-22/h5,8-15H,2,4,6-7,16-18H2,1,3H3,(H,26,30). The van der Waals surface area contributed by atoms with E-state index in [1.165, 1.54) is 35.7 Å². The van der Waals surface area contributed by atoms with Gasteiger partial charge in [-0.05, 0) is 49.6 Å². The van der Waals surface area contributed by atoms with Gasteiger partial charge in [0.25, 0.3) is 0 Å². The lowest BCUT2D eigenvalue weighted by atomic mass is 10.1.